The van der Waals surface area contributed by atoms with Gasteiger partial charge in [-0.2, -0.15) is 0 Å². The Bertz CT molecular complexity index is 880. The van der Waals surface area contributed by atoms with E-state index in [0.29, 0.717) is 11.5 Å². The van der Waals surface area contributed by atoms with Crippen molar-refractivity contribution in [2.45, 2.75) is 49.4 Å². The molecule has 28 heavy (non-hydrogen) atoms. The van der Waals surface area contributed by atoms with Crippen LogP contribution in [0.3, 0.4) is 0 Å². The first kappa shape index (κ1) is 17.7. The molecule has 0 saturated heterocycles. The van der Waals surface area contributed by atoms with Crippen LogP contribution < -0.4 is 9.47 Å². The Balaban J connectivity index is 1.69. The highest BCUT2D eigenvalue weighted by Crippen LogP contribution is 2.61. The second kappa shape index (κ2) is 5.59. The Labute approximate surface area is 165 Å². The minimum atomic E-state index is -0.557. The van der Waals surface area contributed by atoms with E-state index in [1.807, 2.05) is 12.1 Å². The van der Waals surface area contributed by atoms with E-state index < -0.39 is 10.8 Å². The third-order valence-corrected chi connectivity index (χ3v) is 8.02. The lowest BCUT2D eigenvalue weighted by molar-refractivity contribution is -0.120. The second-order valence-electron chi connectivity index (χ2n) is 9.01. The van der Waals surface area contributed by atoms with E-state index >= 15 is 0 Å². The summed E-state index contributed by atoms with van der Waals surface area (Å²) in [5.74, 6) is 2.20. The third kappa shape index (κ3) is 1.91. The van der Waals surface area contributed by atoms with Crippen molar-refractivity contribution >= 4 is 11.6 Å². The minimum Gasteiger partial charge on any atom is -0.496 e. The number of Topliss-reactive ketones (excluding diaryl/α,β-unsaturated/α-hetero) is 2. The van der Waals surface area contributed by atoms with Crippen LogP contribution in [0.2, 0.25) is 0 Å². The molecule has 4 bridgehead atoms. The summed E-state index contributed by atoms with van der Waals surface area (Å²) in [7, 11) is 3.27. The van der Waals surface area contributed by atoms with E-state index in [4.69, 9.17) is 9.47 Å². The summed E-state index contributed by atoms with van der Waals surface area (Å²) in [6, 6.07) is 3.92. The predicted octanol–water partition coefficient (Wildman–Crippen LogP) is 4.06. The molecule has 0 N–H and O–H groups in total. The van der Waals surface area contributed by atoms with Gasteiger partial charge in [0, 0.05) is 11.1 Å². The maximum Gasteiger partial charge on any atom is 0.169 e. The number of fused-ring (bicyclic) bond motifs is 4. The Morgan fingerprint density at radius 1 is 0.821 bits per heavy atom. The average Bonchev–Trinajstić information content (AvgIpc) is 3.45. The van der Waals surface area contributed by atoms with Gasteiger partial charge in [0.25, 0.3) is 0 Å². The fraction of sp³-hybridized carbons (Fsp3) is 0.500. The standard InChI is InChI=1S/C24H26O4/c1-13-15-5-7-23(11-15,21(13)25)17-9-20(28-4)18(10-19(17)27-3)24-8-6-16(12-24)14(2)22(24)26/h9-10,15-16H,1-2,5-8,11-12H2,3-4H3. The monoisotopic (exact) mass is 378 g/mol. The first-order chi connectivity index (χ1) is 13.4. The number of allylic oxidation sites excluding steroid dienone is 2. The number of hydrogen-bond donors (Lipinski definition) is 0. The topological polar surface area (TPSA) is 52.6 Å². The van der Waals surface area contributed by atoms with Crippen LogP contribution in [-0.4, -0.2) is 25.8 Å². The molecule has 4 aliphatic carbocycles. The van der Waals surface area contributed by atoms with Gasteiger partial charge in [-0.3, -0.25) is 9.59 Å². The summed E-state index contributed by atoms with van der Waals surface area (Å²) in [6.45, 7) is 8.08. The lowest BCUT2D eigenvalue weighted by Crippen LogP contribution is -2.34. The zero-order chi connectivity index (χ0) is 19.8. The summed E-state index contributed by atoms with van der Waals surface area (Å²) < 4.78 is 11.6. The highest BCUT2D eigenvalue weighted by Gasteiger charge is 2.58. The molecule has 4 atom stereocenters. The molecule has 4 heteroatoms. The van der Waals surface area contributed by atoms with E-state index in [2.05, 4.69) is 13.2 Å². The molecule has 0 radical (unpaired) electrons. The van der Waals surface area contributed by atoms with Crippen molar-refractivity contribution in [2.24, 2.45) is 11.8 Å². The minimum absolute atomic E-state index is 0.140. The fourth-order valence-corrected chi connectivity index (χ4v) is 6.46. The fourth-order valence-electron chi connectivity index (χ4n) is 6.46. The van der Waals surface area contributed by atoms with Crippen LogP contribution in [0.15, 0.2) is 36.4 Å². The van der Waals surface area contributed by atoms with Gasteiger partial charge < -0.3 is 9.47 Å². The Morgan fingerprint density at radius 2 is 1.21 bits per heavy atom. The normalized spacial score (nSPS) is 35.9. The molecule has 0 aliphatic heterocycles. The van der Waals surface area contributed by atoms with Crippen LogP contribution in [0.25, 0.3) is 0 Å². The largest absolute Gasteiger partial charge is 0.496 e. The summed E-state index contributed by atoms with van der Waals surface area (Å²) in [5.41, 5.74) is 2.15. The summed E-state index contributed by atoms with van der Waals surface area (Å²) in [6.07, 6.45) is 5.21. The van der Waals surface area contributed by atoms with Gasteiger partial charge in [-0.05, 0) is 73.6 Å². The lowest BCUT2D eigenvalue weighted by atomic mass is 9.71. The number of rotatable bonds is 4. The predicted molar refractivity (Wildman–Crippen MR) is 106 cm³/mol. The Kier molecular flexibility index (Phi) is 3.54. The maximum absolute atomic E-state index is 13.1. The van der Waals surface area contributed by atoms with Crippen molar-refractivity contribution in [3.05, 3.63) is 47.6 Å². The van der Waals surface area contributed by atoms with E-state index in [9.17, 15) is 9.59 Å². The molecule has 5 rings (SSSR count). The number of methoxy groups -OCH3 is 2. The molecule has 0 spiro atoms. The smallest absolute Gasteiger partial charge is 0.169 e. The molecule has 4 unspecified atom stereocenters. The van der Waals surface area contributed by atoms with Crippen LogP contribution >= 0.6 is 0 Å². The van der Waals surface area contributed by atoms with Crippen molar-refractivity contribution in [1.82, 2.24) is 0 Å². The Morgan fingerprint density at radius 3 is 1.50 bits per heavy atom. The van der Waals surface area contributed by atoms with E-state index in [-0.39, 0.29) is 23.4 Å². The maximum atomic E-state index is 13.1. The molecule has 4 fully saturated rings. The molecule has 1 aromatic carbocycles. The summed E-state index contributed by atoms with van der Waals surface area (Å²) in [4.78, 5) is 26.1. The van der Waals surface area contributed by atoms with Crippen LogP contribution in [0.5, 0.6) is 11.5 Å². The number of carbonyl (C=O) groups is 2. The third-order valence-electron chi connectivity index (χ3n) is 8.02. The van der Waals surface area contributed by atoms with E-state index in [1.165, 1.54) is 0 Å². The number of carbonyl (C=O) groups excluding carboxylic acids is 2. The van der Waals surface area contributed by atoms with Gasteiger partial charge in [0.15, 0.2) is 11.6 Å². The van der Waals surface area contributed by atoms with Crippen molar-refractivity contribution in [3.63, 3.8) is 0 Å². The van der Waals surface area contributed by atoms with E-state index in [0.717, 1.165) is 60.8 Å². The molecule has 4 nitrogen and oxygen atoms in total. The van der Waals surface area contributed by atoms with E-state index in [1.54, 1.807) is 14.2 Å². The highest BCUT2D eigenvalue weighted by molar-refractivity contribution is 6.09. The van der Waals surface area contributed by atoms with Gasteiger partial charge in [-0.15, -0.1) is 0 Å². The molecule has 0 heterocycles. The quantitative estimate of drug-likeness (QED) is 0.742. The van der Waals surface area contributed by atoms with Crippen molar-refractivity contribution < 1.29 is 19.1 Å². The molecule has 1 aromatic rings. The number of hydrogen-bond acceptors (Lipinski definition) is 4. The molecule has 0 aromatic heterocycles. The van der Waals surface area contributed by atoms with Gasteiger partial charge in [0.1, 0.15) is 11.5 Å². The van der Waals surface area contributed by atoms with Crippen molar-refractivity contribution in [2.75, 3.05) is 14.2 Å². The van der Waals surface area contributed by atoms with Gasteiger partial charge >= 0.3 is 0 Å². The zero-order valence-corrected chi connectivity index (χ0v) is 16.6. The summed E-state index contributed by atoms with van der Waals surface area (Å²) >= 11 is 0. The molecule has 4 saturated carbocycles. The zero-order valence-electron chi connectivity index (χ0n) is 16.6. The second-order valence-corrected chi connectivity index (χ2v) is 9.01. The van der Waals surface area contributed by atoms with Gasteiger partial charge in [-0.1, -0.05) is 13.2 Å². The summed E-state index contributed by atoms with van der Waals surface area (Å²) in [5, 5.41) is 0. The molecular weight excluding hydrogens is 352 g/mol. The van der Waals surface area contributed by atoms with Gasteiger partial charge in [0.2, 0.25) is 0 Å². The average molecular weight is 378 g/mol. The molecular formula is C24H26O4. The lowest BCUT2D eigenvalue weighted by Gasteiger charge is -2.32. The number of ether oxygens (including phenoxy) is 2. The first-order valence-corrected chi connectivity index (χ1v) is 10.1. The Hall–Kier alpha value is -2.36. The molecule has 146 valence electrons. The van der Waals surface area contributed by atoms with Crippen LogP contribution in [0, 0.1) is 11.8 Å². The van der Waals surface area contributed by atoms with Crippen molar-refractivity contribution in [3.8, 4) is 11.5 Å². The van der Waals surface area contributed by atoms with Crippen LogP contribution in [0.1, 0.15) is 49.7 Å². The van der Waals surface area contributed by atoms with Crippen molar-refractivity contribution in [1.29, 1.82) is 0 Å². The first-order valence-electron chi connectivity index (χ1n) is 10.1. The number of benzene rings is 1. The highest BCUT2D eigenvalue weighted by atomic mass is 16.5. The van der Waals surface area contributed by atoms with Crippen LogP contribution in [0.4, 0.5) is 0 Å². The SMILES string of the molecule is C=C1C(=O)C2(c3cc(OC)c(C45CCC(C4)C(=C)C5=O)cc3OC)CCC1C2. The molecule has 0 amide bonds. The van der Waals surface area contributed by atoms with Gasteiger partial charge in [0.05, 0.1) is 25.0 Å². The van der Waals surface area contributed by atoms with Crippen LogP contribution in [-0.2, 0) is 20.4 Å². The number of ketones is 2. The van der Waals surface area contributed by atoms with Gasteiger partial charge in [-0.25, -0.2) is 0 Å². The molecule has 4 aliphatic rings.